The molecule has 0 radical (unpaired) electrons. The number of nitrogens with two attached hydrogens (primary N) is 1. The summed E-state index contributed by atoms with van der Waals surface area (Å²) in [5.41, 5.74) is 7.98. The Kier molecular flexibility index (Phi) is 3.59. The largest absolute Gasteiger partial charge is 0.398 e. The van der Waals surface area contributed by atoms with E-state index < -0.39 is 0 Å². The van der Waals surface area contributed by atoms with Crippen LogP contribution >= 0.6 is 15.9 Å². The van der Waals surface area contributed by atoms with Crippen molar-refractivity contribution in [2.75, 3.05) is 18.8 Å². The van der Waals surface area contributed by atoms with E-state index in [2.05, 4.69) is 32.2 Å². The van der Waals surface area contributed by atoms with E-state index in [-0.39, 0.29) is 0 Å². The molecule has 2 aliphatic rings. The second-order valence-corrected chi connectivity index (χ2v) is 6.30. The van der Waals surface area contributed by atoms with Gasteiger partial charge in [-0.2, -0.15) is 0 Å². The van der Waals surface area contributed by atoms with Crippen molar-refractivity contribution in [3.63, 3.8) is 0 Å². The van der Waals surface area contributed by atoms with E-state index >= 15 is 0 Å². The Hall–Kier alpha value is -0.580. The van der Waals surface area contributed by atoms with Gasteiger partial charge in [-0.1, -0.05) is 6.07 Å². The molecule has 0 aromatic heterocycles. The topological polar surface area (TPSA) is 41.3 Å². The van der Waals surface area contributed by atoms with Crippen molar-refractivity contribution < 1.29 is 0 Å². The fourth-order valence-electron chi connectivity index (χ4n) is 2.69. The van der Waals surface area contributed by atoms with Crippen molar-refractivity contribution >= 4 is 21.6 Å². The highest BCUT2D eigenvalue weighted by molar-refractivity contribution is 9.10. The van der Waals surface area contributed by atoms with Gasteiger partial charge in [-0.3, -0.25) is 4.90 Å². The Labute approximate surface area is 117 Å². The van der Waals surface area contributed by atoms with Crippen LogP contribution in [0, 0.1) is 0 Å². The van der Waals surface area contributed by atoms with Crippen LogP contribution in [0.25, 0.3) is 0 Å². The number of nitrogens with one attached hydrogen (secondary N) is 1. The zero-order chi connectivity index (χ0) is 12.5. The number of likely N-dealkylation sites (tertiary alicyclic amines) is 1. The monoisotopic (exact) mass is 309 g/mol. The minimum atomic E-state index is 0.649. The molecule has 1 aliphatic carbocycles. The Morgan fingerprint density at radius 1 is 1.33 bits per heavy atom. The third-order valence-corrected chi connectivity index (χ3v) is 4.66. The van der Waals surface area contributed by atoms with Gasteiger partial charge in [0.1, 0.15) is 0 Å². The highest BCUT2D eigenvalue weighted by Gasteiger charge is 2.33. The lowest BCUT2D eigenvalue weighted by molar-refractivity contribution is 0.317. The quantitative estimate of drug-likeness (QED) is 0.839. The molecular weight excluding hydrogens is 290 g/mol. The van der Waals surface area contributed by atoms with Gasteiger partial charge >= 0.3 is 0 Å². The molecule has 98 valence electrons. The molecule has 1 aromatic rings. The molecule has 1 aromatic carbocycles. The zero-order valence-electron chi connectivity index (χ0n) is 10.5. The molecule has 1 atom stereocenters. The van der Waals surface area contributed by atoms with Crippen molar-refractivity contribution in [3.05, 3.63) is 28.2 Å². The van der Waals surface area contributed by atoms with Crippen molar-refractivity contribution in [2.45, 2.75) is 37.9 Å². The summed E-state index contributed by atoms with van der Waals surface area (Å²) in [4.78, 5) is 2.63. The van der Waals surface area contributed by atoms with Crippen molar-refractivity contribution in [3.8, 4) is 0 Å². The lowest BCUT2D eigenvalue weighted by Crippen LogP contribution is -2.32. The Morgan fingerprint density at radius 2 is 2.17 bits per heavy atom. The predicted octanol–water partition coefficient (Wildman–Crippen LogP) is 2.36. The number of anilines is 1. The van der Waals surface area contributed by atoms with Crippen LogP contribution in [0.2, 0.25) is 0 Å². The second kappa shape index (κ2) is 5.19. The summed E-state index contributed by atoms with van der Waals surface area (Å²) in [6, 6.07) is 7.75. The average Bonchev–Trinajstić information content (AvgIpc) is 3.11. The summed E-state index contributed by atoms with van der Waals surface area (Å²) in [6.45, 7) is 3.40. The molecule has 1 unspecified atom stereocenters. The van der Waals surface area contributed by atoms with Crippen LogP contribution in [0.15, 0.2) is 22.7 Å². The molecule has 0 amide bonds. The van der Waals surface area contributed by atoms with E-state index in [0.717, 1.165) is 22.7 Å². The third-order valence-electron chi connectivity index (χ3n) is 3.94. The minimum absolute atomic E-state index is 0.649. The fourth-order valence-corrected chi connectivity index (χ4v) is 2.94. The maximum atomic E-state index is 5.89. The van der Waals surface area contributed by atoms with Crippen molar-refractivity contribution in [2.24, 2.45) is 0 Å². The minimum Gasteiger partial charge on any atom is -0.398 e. The van der Waals surface area contributed by atoms with Gasteiger partial charge in [-0.25, -0.2) is 0 Å². The van der Waals surface area contributed by atoms with E-state index in [1.54, 1.807) is 0 Å². The summed E-state index contributed by atoms with van der Waals surface area (Å²) in [5.74, 6) is 0. The summed E-state index contributed by atoms with van der Waals surface area (Å²) >= 11 is 3.43. The number of rotatable bonds is 4. The molecule has 1 aliphatic heterocycles. The number of nitrogens with zero attached hydrogens (tertiary/aromatic N) is 1. The van der Waals surface area contributed by atoms with Gasteiger partial charge in [0.05, 0.1) is 0 Å². The molecule has 1 saturated heterocycles. The second-order valence-electron chi connectivity index (χ2n) is 5.45. The summed E-state index contributed by atoms with van der Waals surface area (Å²) < 4.78 is 0.979. The normalized spacial score (nSPS) is 24.6. The summed E-state index contributed by atoms with van der Waals surface area (Å²) in [6.07, 6.45) is 4.11. The molecular formula is C14H20BrN3. The molecule has 18 heavy (non-hydrogen) atoms. The third kappa shape index (κ3) is 2.87. The number of halogens is 1. The molecule has 1 heterocycles. The maximum absolute atomic E-state index is 5.89. The number of nitrogen functional groups attached to an aromatic ring is 1. The molecule has 3 nitrogen and oxygen atoms in total. The van der Waals surface area contributed by atoms with Gasteiger partial charge < -0.3 is 11.1 Å². The van der Waals surface area contributed by atoms with E-state index in [4.69, 9.17) is 5.73 Å². The van der Waals surface area contributed by atoms with Crippen LogP contribution in [0.3, 0.4) is 0 Å². The van der Waals surface area contributed by atoms with Crippen LogP contribution in [0.1, 0.15) is 24.8 Å². The van der Waals surface area contributed by atoms with Crippen LogP contribution in [0.4, 0.5) is 5.69 Å². The molecule has 4 heteroatoms. The van der Waals surface area contributed by atoms with Crippen molar-refractivity contribution in [1.82, 2.24) is 10.2 Å². The van der Waals surface area contributed by atoms with Crippen LogP contribution in [0.5, 0.6) is 0 Å². The molecule has 3 N–H and O–H groups in total. The van der Waals surface area contributed by atoms with Gasteiger partial charge in [0.25, 0.3) is 0 Å². The molecule has 2 fully saturated rings. The standard InChI is InChI=1S/C14H20BrN3/c15-13-4-1-10(7-14(13)16)8-17-11-5-6-18(9-11)12-2-3-12/h1,4,7,11-12,17H,2-3,5-6,8-9,16H2. The van der Waals surface area contributed by atoms with Crippen LogP contribution < -0.4 is 11.1 Å². The number of hydrogen-bond donors (Lipinski definition) is 2. The Balaban J connectivity index is 1.50. The predicted molar refractivity (Wildman–Crippen MR) is 78.4 cm³/mol. The average molecular weight is 310 g/mol. The van der Waals surface area contributed by atoms with Gasteiger partial charge in [0.2, 0.25) is 0 Å². The van der Waals surface area contributed by atoms with E-state index in [9.17, 15) is 0 Å². The first-order valence-corrected chi connectivity index (χ1v) is 7.53. The molecule has 0 spiro atoms. The first-order valence-electron chi connectivity index (χ1n) is 6.74. The highest BCUT2D eigenvalue weighted by Crippen LogP contribution is 2.29. The zero-order valence-corrected chi connectivity index (χ0v) is 12.1. The fraction of sp³-hybridized carbons (Fsp3) is 0.571. The first kappa shape index (κ1) is 12.5. The Morgan fingerprint density at radius 3 is 2.89 bits per heavy atom. The lowest BCUT2D eigenvalue weighted by Gasteiger charge is -2.16. The summed E-state index contributed by atoms with van der Waals surface area (Å²) in [7, 11) is 0. The van der Waals surface area contributed by atoms with Gasteiger partial charge in [-0.15, -0.1) is 0 Å². The number of hydrogen-bond acceptors (Lipinski definition) is 3. The first-order chi connectivity index (χ1) is 8.72. The summed E-state index contributed by atoms with van der Waals surface area (Å²) in [5, 5.41) is 3.64. The smallest absolute Gasteiger partial charge is 0.0461 e. The lowest BCUT2D eigenvalue weighted by atomic mass is 10.2. The SMILES string of the molecule is Nc1cc(CNC2CCN(C3CC3)C2)ccc1Br. The van der Waals surface area contributed by atoms with Gasteiger partial charge in [-0.05, 0) is 52.9 Å². The molecule has 0 bridgehead atoms. The van der Waals surface area contributed by atoms with Gasteiger partial charge in [0, 0.05) is 41.9 Å². The van der Waals surface area contributed by atoms with E-state index in [1.807, 2.05) is 12.1 Å². The number of benzene rings is 1. The van der Waals surface area contributed by atoms with Crippen LogP contribution in [-0.4, -0.2) is 30.1 Å². The maximum Gasteiger partial charge on any atom is 0.0461 e. The molecule has 1 saturated carbocycles. The van der Waals surface area contributed by atoms with Crippen molar-refractivity contribution in [1.29, 1.82) is 0 Å². The highest BCUT2D eigenvalue weighted by atomic mass is 79.9. The van der Waals surface area contributed by atoms with Crippen LogP contribution in [-0.2, 0) is 6.54 Å². The van der Waals surface area contributed by atoms with Gasteiger partial charge in [0.15, 0.2) is 0 Å². The Bertz CT molecular complexity index is 431. The van der Waals surface area contributed by atoms with E-state index in [1.165, 1.54) is 37.9 Å². The molecule has 3 rings (SSSR count). The van der Waals surface area contributed by atoms with E-state index in [0.29, 0.717) is 6.04 Å².